The number of anilines is 2. The van der Waals surface area contributed by atoms with Gasteiger partial charge in [-0.2, -0.15) is 0 Å². The third-order valence-electron chi connectivity index (χ3n) is 9.47. The number of carbonyl (C=O) groups excluding carboxylic acids is 1. The van der Waals surface area contributed by atoms with Gasteiger partial charge < -0.3 is 40.3 Å². The van der Waals surface area contributed by atoms with Crippen LogP contribution in [0.1, 0.15) is 47.4 Å². The second-order valence-corrected chi connectivity index (χ2v) is 12.6. The SMILES string of the molecule is COc1cc(CCC(O)C2Cc3ccnc(c3)Nc3ccc4cc(O)ccc4c3CCC(c3cc(O)c(O)c(OC)c3)CC2=O)ccc1O. The summed E-state index contributed by atoms with van der Waals surface area (Å²) in [6, 6.07) is 21.0. The Balaban J connectivity index is 1.39. The molecule has 1 aliphatic heterocycles. The summed E-state index contributed by atoms with van der Waals surface area (Å²) in [5.41, 5.74) is 4.10. The van der Waals surface area contributed by atoms with Gasteiger partial charge in [-0.15, -0.1) is 0 Å². The predicted octanol–water partition coefficient (Wildman–Crippen LogP) is 6.66. The minimum atomic E-state index is -0.987. The molecule has 0 spiro atoms. The Kier molecular flexibility index (Phi) is 9.77. The molecule has 0 amide bonds. The quantitative estimate of drug-likeness (QED) is 0.104. The Morgan fingerprint density at radius 1 is 0.878 bits per heavy atom. The van der Waals surface area contributed by atoms with Crippen LogP contribution in [0.4, 0.5) is 11.5 Å². The molecule has 2 heterocycles. The fourth-order valence-electron chi connectivity index (χ4n) is 6.79. The number of fused-ring (bicyclic) bond motifs is 5. The summed E-state index contributed by atoms with van der Waals surface area (Å²) in [6.07, 6.45) is 2.78. The van der Waals surface area contributed by atoms with Crippen LogP contribution in [0.3, 0.4) is 0 Å². The normalized spacial score (nSPS) is 17.2. The first kappa shape index (κ1) is 33.4. The molecule has 0 saturated carbocycles. The first-order chi connectivity index (χ1) is 23.6. The Morgan fingerprint density at radius 3 is 2.49 bits per heavy atom. The number of nitrogens with zero attached hydrogens (tertiary/aromatic N) is 1. The highest BCUT2D eigenvalue weighted by Gasteiger charge is 2.31. The number of hydrogen-bond acceptors (Lipinski definition) is 10. The lowest BCUT2D eigenvalue weighted by Gasteiger charge is -2.25. The van der Waals surface area contributed by atoms with Crippen LogP contribution in [0, 0.1) is 5.92 Å². The summed E-state index contributed by atoms with van der Waals surface area (Å²) in [7, 11) is 2.87. The number of phenols is 4. The van der Waals surface area contributed by atoms with Gasteiger partial charge in [0.2, 0.25) is 5.75 Å². The molecular formula is C39H40N2O8. The number of aromatic hydroxyl groups is 4. The van der Waals surface area contributed by atoms with Crippen molar-refractivity contribution < 1.29 is 39.8 Å². The highest BCUT2D eigenvalue weighted by atomic mass is 16.5. The van der Waals surface area contributed by atoms with Gasteiger partial charge in [0.25, 0.3) is 0 Å². The van der Waals surface area contributed by atoms with E-state index >= 15 is 0 Å². The maximum atomic E-state index is 14.4. The molecule has 5 aromatic rings. The molecule has 0 saturated heterocycles. The number of rotatable bonds is 7. The fraction of sp³-hybridized carbons (Fsp3) is 0.282. The monoisotopic (exact) mass is 664 g/mol. The molecule has 0 radical (unpaired) electrons. The zero-order valence-corrected chi connectivity index (χ0v) is 27.4. The predicted molar refractivity (Wildman–Crippen MR) is 186 cm³/mol. The zero-order valence-electron chi connectivity index (χ0n) is 27.4. The van der Waals surface area contributed by atoms with Crippen molar-refractivity contribution in [1.82, 2.24) is 4.98 Å². The number of phenolic OH excluding ortho intramolecular Hbond substituents is 4. The Labute approximate surface area is 284 Å². The van der Waals surface area contributed by atoms with E-state index in [1.165, 1.54) is 20.3 Å². The molecule has 1 aromatic heterocycles. The van der Waals surface area contributed by atoms with Crippen molar-refractivity contribution in [2.24, 2.45) is 5.92 Å². The van der Waals surface area contributed by atoms with E-state index in [2.05, 4.69) is 10.3 Å². The minimum Gasteiger partial charge on any atom is -0.508 e. The van der Waals surface area contributed by atoms with Crippen LogP contribution >= 0.6 is 0 Å². The van der Waals surface area contributed by atoms with Crippen LogP contribution in [0.2, 0.25) is 0 Å². The molecule has 10 heteroatoms. The van der Waals surface area contributed by atoms with Crippen molar-refractivity contribution in [3.8, 4) is 34.5 Å². The number of aryl methyl sites for hydroxylation is 2. The van der Waals surface area contributed by atoms with Crippen LogP contribution in [0.25, 0.3) is 10.8 Å². The molecule has 1 aliphatic rings. The topological polar surface area (TPSA) is 162 Å². The van der Waals surface area contributed by atoms with Crippen molar-refractivity contribution in [3.05, 3.63) is 101 Å². The van der Waals surface area contributed by atoms with Crippen LogP contribution in [-0.2, 0) is 24.1 Å². The Bertz CT molecular complexity index is 1990. The number of ether oxygens (including phenoxy) is 2. The number of methoxy groups -OCH3 is 2. The first-order valence-electron chi connectivity index (χ1n) is 16.3. The molecule has 6 N–H and O–H groups in total. The molecular weight excluding hydrogens is 624 g/mol. The summed E-state index contributed by atoms with van der Waals surface area (Å²) in [6.45, 7) is 0. The van der Waals surface area contributed by atoms with Crippen LogP contribution < -0.4 is 14.8 Å². The molecule has 3 unspecified atom stereocenters. The highest BCUT2D eigenvalue weighted by Crippen LogP contribution is 2.42. The van der Waals surface area contributed by atoms with Gasteiger partial charge in [-0.3, -0.25) is 4.79 Å². The maximum Gasteiger partial charge on any atom is 0.200 e. The second kappa shape index (κ2) is 14.3. The van der Waals surface area contributed by atoms with Gasteiger partial charge in [0, 0.05) is 24.2 Å². The third kappa shape index (κ3) is 7.34. The molecule has 49 heavy (non-hydrogen) atoms. The van der Waals surface area contributed by atoms with Gasteiger partial charge >= 0.3 is 0 Å². The molecule has 10 nitrogen and oxygen atoms in total. The van der Waals surface area contributed by atoms with Crippen LogP contribution in [0.5, 0.6) is 34.5 Å². The number of pyridine rings is 1. The van der Waals surface area contributed by atoms with Crippen molar-refractivity contribution in [2.75, 3.05) is 19.5 Å². The summed E-state index contributed by atoms with van der Waals surface area (Å²) in [5.74, 6) is -0.830. The molecule has 2 bridgehead atoms. The van der Waals surface area contributed by atoms with Gasteiger partial charge in [-0.1, -0.05) is 18.2 Å². The zero-order chi connectivity index (χ0) is 34.7. The number of carbonyl (C=O) groups is 1. The number of nitrogens with one attached hydrogen (secondary N) is 1. The molecule has 254 valence electrons. The van der Waals surface area contributed by atoms with E-state index in [0.29, 0.717) is 42.8 Å². The average Bonchev–Trinajstić information content (AvgIpc) is 3.10. The molecule has 0 aliphatic carbocycles. The van der Waals surface area contributed by atoms with E-state index in [4.69, 9.17) is 9.47 Å². The number of aliphatic hydroxyl groups is 1. The van der Waals surface area contributed by atoms with E-state index in [0.717, 1.165) is 33.2 Å². The molecule has 6 rings (SSSR count). The summed E-state index contributed by atoms with van der Waals surface area (Å²) < 4.78 is 10.6. The van der Waals surface area contributed by atoms with E-state index in [-0.39, 0.29) is 47.4 Å². The largest absolute Gasteiger partial charge is 0.508 e. The number of aliphatic hydroxyl groups excluding tert-OH is 1. The molecule has 4 aromatic carbocycles. The van der Waals surface area contributed by atoms with E-state index in [1.54, 1.807) is 42.6 Å². The van der Waals surface area contributed by atoms with Gasteiger partial charge in [0.15, 0.2) is 23.0 Å². The lowest BCUT2D eigenvalue weighted by molar-refractivity contribution is -0.127. The van der Waals surface area contributed by atoms with Crippen molar-refractivity contribution >= 4 is 28.1 Å². The molecule has 0 fully saturated rings. The van der Waals surface area contributed by atoms with Crippen LogP contribution in [0.15, 0.2) is 79.0 Å². The summed E-state index contributed by atoms with van der Waals surface area (Å²) >= 11 is 0. The highest BCUT2D eigenvalue weighted by molar-refractivity contribution is 5.92. The lowest BCUT2D eigenvalue weighted by atomic mass is 9.80. The van der Waals surface area contributed by atoms with Crippen molar-refractivity contribution in [3.63, 3.8) is 0 Å². The number of ketones is 1. The van der Waals surface area contributed by atoms with E-state index in [9.17, 15) is 30.3 Å². The Morgan fingerprint density at radius 2 is 1.69 bits per heavy atom. The minimum absolute atomic E-state index is 0.0237. The summed E-state index contributed by atoms with van der Waals surface area (Å²) in [4.78, 5) is 18.9. The third-order valence-corrected chi connectivity index (χ3v) is 9.47. The van der Waals surface area contributed by atoms with Crippen molar-refractivity contribution in [2.45, 2.75) is 50.5 Å². The Hall–Kier alpha value is -5.48. The average molecular weight is 665 g/mol. The van der Waals surface area contributed by atoms with E-state index in [1.807, 2.05) is 30.3 Å². The van der Waals surface area contributed by atoms with E-state index < -0.39 is 17.9 Å². The summed E-state index contributed by atoms with van der Waals surface area (Å²) in [5, 5.41) is 58.1. The van der Waals surface area contributed by atoms with Gasteiger partial charge in [-0.25, -0.2) is 4.98 Å². The number of aromatic nitrogens is 1. The number of benzene rings is 4. The van der Waals surface area contributed by atoms with Gasteiger partial charge in [-0.05, 0) is 126 Å². The van der Waals surface area contributed by atoms with Crippen LogP contribution in [-0.4, -0.2) is 56.6 Å². The lowest BCUT2D eigenvalue weighted by Crippen LogP contribution is -2.32. The fourth-order valence-corrected chi connectivity index (χ4v) is 6.79. The standard InChI is InChI=1S/C39H40N2O8/c1-48-36-16-22(4-12-33(36)44)3-11-32(43)30-15-23-13-14-40-38(17-23)41-31-10-6-25-18-27(42)7-9-28(25)29(31)8-5-24(19-34(30)45)26-20-35(46)39(47)37(21-26)49-2/h4,6-7,9-10,12-14,16-18,20-21,24,30,32,42-44,46-47H,3,5,8,11,15,19H2,1-2H3,(H,40,41). The maximum absolute atomic E-state index is 14.4. The first-order valence-corrected chi connectivity index (χ1v) is 16.3. The van der Waals surface area contributed by atoms with Crippen molar-refractivity contribution in [1.29, 1.82) is 0 Å². The second-order valence-electron chi connectivity index (χ2n) is 12.6. The smallest absolute Gasteiger partial charge is 0.200 e. The van der Waals surface area contributed by atoms with Gasteiger partial charge in [0.1, 0.15) is 17.4 Å². The van der Waals surface area contributed by atoms with Gasteiger partial charge in [0.05, 0.1) is 20.3 Å². The number of Topliss-reactive ketones (excluding diaryl/α,β-unsaturated/α-hetero) is 1. The molecule has 3 atom stereocenters. The number of hydrogen-bond donors (Lipinski definition) is 6.